The molecule has 0 amide bonds. The van der Waals surface area contributed by atoms with Gasteiger partial charge in [0.15, 0.2) is 23.1 Å². The van der Waals surface area contributed by atoms with Crippen molar-refractivity contribution in [3.8, 4) is 11.5 Å². The lowest BCUT2D eigenvalue weighted by atomic mass is 9.83. The molecule has 0 bridgehead atoms. The summed E-state index contributed by atoms with van der Waals surface area (Å²) in [5.74, 6) is -1.69. The molecule has 2 N–H and O–H groups in total. The quantitative estimate of drug-likeness (QED) is 0.244. The third kappa shape index (κ3) is 3.81. The molecule has 172 valence electrons. The van der Waals surface area contributed by atoms with Crippen LogP contribution in [0.1, 0.15) is 52.6 Å². The molecule has 0 fully saturated rings. The standard InChI is InChI=1S/C14H8O4.C14H8O2.CH3/c15-9-5-6-10(16)12-11(9)13(17)7-3-1-2-4-8(7)14(12)18;15-13-5-6-14(16)12-8-10-4-2-1-3-9(10)7-11(12)13;/h1-6,15-16H;1-8H;1H3/q;;-1. The van der Waals surface area contributed by atoms with Crippen LogP contribution in [0.5, 0.6) is 11.5 Å². The topological polar surface area (TPSA) is 109 Å². The second kappa shape index (κ2) is 8.83. The fourth-order valence-electron chi connectivity index (χ4n) is 4.17. The number of allylic oxidation sites excluding steroid dienone is 2. The van der Waals surface area contributed by atoms with Gasteiger partial charge < -0.3 is 17.6 Å². The Kier molecular flexibility index (Phi) is 5.89. The van der Waals surface area contributed by atoms with Crippen LogP contribution < -0.4 is 0 Å². The molecule has 0 spiro atoms. The van der Waals surface area contributed by atoms with E-state index in [2.05, 4.69) is 0 Å². The van der Waals surface area contributed by atoms with Crippen LogP contribution in [-0.4, -0.2) is 33.3 Å². The summed E-state index contributed by atoms with van der Waals surface area (Å²) in [5, 5.41) is 21.4. The zero-order valence-electron chi connectivity index (χ0n) is 18.6. The molecule has 0 aliphatic heterocycles. The Morgan fingerprint density at radius 2 is 0.857 bits per heavy atom. The highest BCUT2D eigenvalue weighted by Gasteiger charge is 2.33. The molecule has 4 aromatic rings. The molecule has 2 aliphatic rings. The number of phenols is 2. The smallest absolute Gasteiger partial charge is 0.198 e. The van der Waals surface area contributed by atoms with E-state index in [1.165, 1.54) is 36.4 Å². The predicted octanol–water partition coefficient (Wildman–Crippen LogP) is 5.10. The van der Waals surface area contributed by atoms with Crippen LogP contribution in [0.4, 0.5) is 0 Å². The van der Waals surface area contributed by atoms with Gasteiger partial charge in [0.25, 0.3) is 0 Å². The van der Waals surface area contributed by atoms with Crippen molar-refractivity contribution in [2.45, 2.75) is 0 Å². The number of hydrogen-bond acceptors (Lipinski definition) is 6. The van der Waals surface area contributed by atoms with Gasteiger partial charge in [0, 0.05) is 22.3 Å². The third-order valence-corrected chi connectivity index (χ3v) is 5.83. The van der Waals surface area contributed by atoms with E-state index in [1.807, 2.05) is 24.3 Å². The van der Waals surface area contributed by atoms with E-state index >= 15 is 0 Å². The fourth-order valence-corrected chi connectivity index (χ4v) is 4.17. The Bertz CT molecular complexity index is 1480. The summed E-state index contributed by atoms with van der Waals surface area (Å²) >= 11 is 0. The predicted molar refractivity (Wildman–Crippen MR) is 131 cm³/mol. The van der Waals surface area contributed by atoms with Crippen molar-refractivity contribution in [1.82, 2.24) is 0 Å². The van der Waals surface area contributed by atoms with Gasteiger partial charge in [-0.15, -0.1) is 0 Å². The van der Waals surface area contributed by atoms with E-state index in [-0.39, 0.29) is 52.7 Å². The van der Waals surface area contributed by atoms with Crippen molar-refractivity contribution in [3.63, 3.8) is 0 Å². The molecule has 0 saturated heterocycles. The van der Waals surface area contributed by atoms with E-state index < -0.39 is 11.6 Å². The number of carbonyl (C=O) groups is 4. The van der Waals surface area contributed by atoms with Crippen LogP contribution in [-0.2, 0) is 0 Å². The highest BCUT2D eigenvalue weighted by molar-refractivity contribution is 6.30. The number of fused-ring (bicyclic) bond motifs is 4. The maximum absolute atomic E-state index is 12.2. The SMILES string of the molecule is O=C1C=CC(=O)c2cc3ccccc3cc21.O=C1c2ccccc2C(=O)c2c(O)ccc(O)c21.[CH3-]. The van der Waals surface area contributed by atoms with E-state index in [9.17, 15) is 29.4 Å². The number of phenolic OH excluding ortho intramolecular Hbond substituents is 2. The Balaban J connectivity index is 0.000000161. The van der Waals surface area contributed by atoms with Gasteiger partial charge in [0.2, 0.25) is 0 Å². The maximum atomic E-state index is 12.2. The Morgan fingerprint density at radius 1 is 0.486 bits per heavy atom. The molecule has 0 aromatic heterocycles. The van der Waals surface area contributed by atoms with Crippen molar-refractivity contribution in [2.24, 2.45) is 0 Å². The van der Waals surface area contributed by atoms with Crippen molar-refractivity contribution >= 4 is 33.9 Å². The lowest BCUT2D eigenvalue weighted by Gasteiger charge is -2.18. The molecule has 6 rings (SSSR count). The minimum Gasteiger partial charge on any atom is -0.507 e. The van der Waals surface area contributed by atoms with Crippen molar-refractivity contribution in [3.05, 3.63) is 126 Å². The minimum atomic E-state index is -0.450. The number of ketones is 4. The molecule has 6 nitrogen and oxygen atoms in total. The number of rotatable bonds is 0. The Labute approximate surface area is 200 Å². The van der Waals surface area contributed by atoms with Crippen LogP contribution in [0, 0.1) is 7.43 Å². The lowest BCUT2D eigenvalue weighted by molar-refractivity contribution is 0.0974. The first-order valence-electron chi connectivity index (χ1n) is 10.4. The summed E-state index contributed by atoms with van der Waals surface area (Å²) < 4.78 is 0. The average molecular weight is 463 g/mol. The first-order chi connectivity index (χ1) is 16.4. The molecule has 0 saturated carbocycles. The van der Waals surface area contributed by atoms with E-state index in [0.717, 1.165) is 10.8 Å². The first-order valence-corrected chi connectivity index (χ1v) is 10.4. The van der Waals surface area contributed by atoms with Gasteiger partial charge in [-0.05, 0) is 47.2 Å². The molecular formula is C29H19O6-. The third-order valence-electron chi connectivity index (χ3n) is 5.83. The Hall–Kier alpha value is -4.84. The second-order valence-electron chi connectivity index (χ2n) is 7.86. The highest BCUT2D eigenvalue weighted by Crippen LogP contribution is 2.37. The van der Waals surface area contributed by atoms with Gasteiger partial charge in [-0.3, -0.25) is 19.2 Å². The lowest BCUT2D eigenvalue weighted by Crippen LogP contribution is -2.20. The maximum Gasteiger partial charge on any atom is 0.198 e. The van der Waals surface area contributed by atoms with Crippen LogP contribution in [0.3, 0.4) is 0 Å². The molecule has 0 radical (unpaired) electrons. The summed E-state index contributed by atoms with van der Waals surface area (Å²) in [4.78, 5) is 47.7. The number of benzene rings is 4. The normalized spacial score (nSPS) is 13.3. The summed E-state index contributed by atoms with van der Waals surface area (Å²) in [7, 11) is 0. The Morgan fingerprint density at radius 3 is 1.26 bits per heavy atom. The van der Waals surface area contributed by atoms with E-state index in [0.29, 0.717) is 11.1 Å². The van der Waals surface area contributed by atoms with E-state index in [4.69, 9.17) is 0 Å². The average Bonchev–Trinajstić information content (AvgIpc) is 2.86. The summed E-state index contributed by atoms with van der Waals surface area (Å²) in [5.41, 5.74) is 1.25. The molecule has 4 aromatic carbocycles. The molecule has 0 unspecified atom stereocenters. The number of hydrogen-bond donors (Lipinski definition) is 2. The van der Waals surface area contributed by atoms with Crippen LogP contribution in [0.25, 0.3) is 10.8 Å². The molecule has 0 heterocycles. The van der Waals surface area contributed by atoms with Gasteiger partial charge in [-0.2, -0.15) is 0 Å². The molecule has 35 heavy (non-hydrogen) atoms. The number of carbonyl (C=O) groups excluding carboxylic acids is 4. The summed E-state index contributed by atoms with van der Waals surface area (Å²) in [6, 6.07) is 20.0. The van der Waals surface area contributed by atoms with Gasteiger partial charge >= 0.3 is 0 Å². The van der Waals surface area contributed by atoms with Crippen LogP contribution in [0.2, 0.25) is 0 Å². The second-order valence-corrected chi connectivity index (χ2v) is 7.86. The van der Waals surface area contributed by atoms with Crippen LogP contribution >= 0.6 is 0 Å². The number of aromatic hydroxyl groups is 2. The van der Waals surface area contributed by atoms with E-state index in [1.54, 1.807) is 24.3 Å². The van der Waals surface area contributed by atoms with Gasteiger partial charge in [-0.25, -0.2) is 0 Å². The summed E-state index contributed by atoms with van der Waals surface area (Å²) in [6.45, 7) is 0. The van der Waals surface area contributed by atoms with Gasteiger partial charge in [0.05, 0.1) is 11.1 Å². The minimum absolute atomic E-state index is 0. The molecule has 2 aliphatic carbocycles. The first kappa shape index (κ1) is 23.3. The van der Waals surface area contributed by atoms with Crippen LogP contribution in [0.15, 0.2) is 84.9 Å². The van der Waals surface area contributed by atoms with Gasteiger partial charge in [-0.1, -0.05) is 48.5 Å². The van der Waals surface area contributed by atoms with Gasteiger partial charge in [0.1, 0.15) is 11.5 Å². The largest absolute Gasteiger partial charge is 0.507 e. The van der Waals surface area contributed by atoms with Crippen molar-refractivity contribution in [1.29, 1.82) is 0 Å². The zero-order valence-corrected chi connectivity index (χ0v) is 18.6. The monoisotopic (exact) mass is 463 g/mol. The van der Waals surface area contributed by atoms with Crippen molar-refractivity contribution < 1.29 is 29.4 Å². The zero-order chi connectivity index (χ0) is 24.0. The fraction of sp³-hybridized carbons (Fsp3) is 0. The van der Waals surface area contributed by atoms with Crippen molar-refractivity contribution in [2.75, 3.05) is 0 Å². The molecular weight excluding hydrogens is 444 g/mol. The summed E-state index contributed by atoms with van der Waals surface area (Å²) in [6.07, 6.45) is 2.67. The molecule has 6 heteroatoms. The molecule has 0 atom stereocenters. The highest BCUT2D eigenvalue weighted by atomic mass is 16.3.